The molecule has 0 radical (unpaired) electrons. The molecule has 4 aromatic rings. The lowest BCUT2D eigenvalue weighted by atomic mass is 9.83. The SMILES string of the molecule is Cc1nc2ccc(C3=CC4CCCC(C3)N4C(=O)OCC3c4ccccc4-c4ccccc43)cc2o1. The summed E-state index contributed by atoms with van der Waals surface area (Å²) >= 11 is 0. The fraction of sp³-hybridized carbons (Fsp3) is 0.290. The van der Waals surface area contributed by atoms with Crippen LogP contribution in [0.25, 0.3) is 27.8 Å². The molecule has 5 heteroatoms. The first-order valence-corrected chi connectivity index (χ1v) is 12.9. The van der Waals surface area contributed by atoms with Crippen LogP contribution in [-0.2, 0) is 4.74 Å². The highest BCUT2D eigenvalue weighted by molar-refractivity contribution is 5.82. The molecule has 180 valence electrons. The van der Waals surface area contributed by atoms with Gasteiger partial charge in [0.05, 0.1) is 6.04 Å². The van der Waals surface area contributed by atoms with Gasteiger partial charge in [-0.1, -0.05) is 60.7 Å². The number of carbonyl (C=O) groups excluding carboxylic acids is 1. The number of hydrogen-bond donors (Lipinski definition) is 0. The fourth-order valence-corrected chi connectivity index (χ4v) is 6.44. The van der Waals surface area contributed by atoms with Crippen LogP contribution in [0.1, 0.15) is 54.2 Å². The van der Waals surface area contributed by atoms with Crippen LogP contribution in [0.3, 0.4) is 0 Å². The molecule has 1 aliphatic carbocycles. The van der Waals surface area contributed by atoms with E-state index in [2.05, 4.69) is 71.7 Å². The number of nitrogens with zero attached hydrogens (tertiary/aromatic N) is 2. The van der Waals surface area contributed by atoms with Gasteiger partial charge in [0.15, 0.2) is 11.5 Å². The summed E-state index contributed by atoms with van der Waals surface area (Å²) in [5.74, 6) is 0.757. The Kier molecular flexibility index (Phi) is 4.98. The average molecular weight is 477 g/mol. The molecule has 0 N–H and O–H groups in total. The molecule has 5 nitrogen and oxygen atoms in total. The van der Waals surface area contributed by atoms with Crippen LogP contribution in [-0.4, -0.2) is 34.7 Å². The molecular formula is C31H28N2O3. The Morgan fingerprint density at radius 2 is 1.78 bits per heavy atom. The molecular weight excluding hydrogens is 448 g/mol. The van der Waals surface area contributed by atoms with Gasteiger partial charge in [-0.2, -0.15) is 0 Å². The van der Waals surface area contributed by atoms with Crippen LogP contribution in [0, 0.1) is 6.92 Å². The van der Waals surface area contributed by atoms with E-state index >= 15 is 0 Å². The first-order valence-electron chi connectivity index (χ1n) is 12.9. The van der Waals surface area contributed by atoms with Gasteiger partial charge >= 0.3 is 6.09 Å². The van der Waals surface area contributed by atoms with Crippen LogP contribution in [0.5, 0.6) is 0 Å². The summed E-state index contributed by atoms with van der Waals surface area (Å²) in [6, 6.07) is 23.4. The predicted molar refractivity (Wildman–Crippen MR) is 140 cm³/mol. The number of fused-ring (bicyclic) bond motifs is 6. The summed E-state index contributed by atoms with van der Waals surface area (Å²) in [5, 5.41) is 0. The van der Waals surface area contributed by atoms with E-state index in [0.717, 1.165) is 42.3 Å². The molecule has 3 aromatic carbocycles. The lowest BCUT2D eigenvalue weighted by molar-refractivity contribution is 0.0539. The number of piperidine rings is 1. The van der Waals surface area contributed by atoms with Crippen LogP contribution >= 0.6 is 0 Å². The molecule has 1 aromatic heterocycles. The smallest absolute Gasteiger partial charge is 0.410 e. The van der Waals surface area contributed by atoms with Crippen molar-refractivity contribution in [1.29, 1.82) is 0 Å². The Labute approximate surface area is 210 Å². The summed E-state index contributed by atoms with van der Waals surface area (Å²) in [4.78, 5) is 19.9. The van der Waals surface area contributed by atoms with Crippen molar-refractivity contribution < 1.29 is 13.9 Å². The lowest BCUT2D eigenvalue weighted by Crippen LogP contribution is -2.51. The number of amides is 1. The minimum atomic E-state index is -0.192. The molecule has 2 atom stereocenters. The average Bonchev–Trinajstić information content (AvgIpc) is 3.42. The maximum atomic E-state index is 13.5. The van der Waals surface area contributed by atoms with E-state index in [4.69, 9.17) is 9.15 Å². The number of carbonyl (C=O) groups is 1. The van der Waals surface area contributed by atoms with E-state index in [9.17, 15) is 4.79 Å². The Balaban J connectivity index is 1.12. The second-order valence-corrected chi connectivity index (χ2v) is 10.2. The highest BCUT2D eigenvalue weighted by Gasteiger charge is 2.39. The van der Waals surface area contributed by atoms with E-state index in [-0.39, 0.29) is 24.1 Å². The maximum absolute atomic E-state index is 13.5. The normalized spacial score (nSPS) is 20.7. The number of benzene rings is 3. The molecule has 1 amide bonds. The van der Waals surface area contributed by atoms with Gasteiger partial charge in [0, 0.05) is 18.9 Å². The van der Waals surface area contributed by atoms with Crippen molar-refractivity contribution in [2.24, 2.45) is 0 Å². The zero-order valence-electron chi connectivity index (χ0n) is 20.3. The summed E-state index contributed by atoms with van der Waals surface area (Å²) in [6.45, 7) is 2.23. The number of hydrogen-bond acceptors (Lipinski definition) is 4. The van der Waals surface area contributed by atoms with Crippen LogP contribution in [0.15, 0.2) is 77.2 Å². The monoisotopic (exact) mass is 476 g/mol. The zero-order valence-corrected chi connectivity index (χ0v) is 20.3. The first-order chi connectivity index (χ1) is 17.7. The summed E-state index contributed by atoms with van der Waals surface area (Å²) in [6.07, 6.45) is 6.01. The second kappa shape index (κ2) is 8.37. The van der Waals surface area contributed by atoms with Crippen molar-refractivity contribution >= 4 is 22.8 Å². The minimum Gasteiger partial charge on any atom is -0.448 e. The molecule has 2 unspecified atom stereocenters. The molecule has 3 heterocycles. The molecule has 36 heavy (non-hydrogen) atoms. The highest BCUT2D eigenvalue weighted by Crippen LogP contribution is 2.45. The number of ether oxygens (including phenoxy) is 1. The van der Waals surface area contributed by atoms with Gasteiger partial charge in [-0.05, 0) is 71.2 Å². The Morgan fingerprint density at radius 3 is 2.53 bits per heavy atom. The van der Waals surface area contributed by atoms with Gasteiger partial charge in [0.1, 0.15) is 12.1 Å². The first kappa shape index (κ1) is 21.4. The number of aryl methyl sites for hydroxylation is 1. The number of rotatable bonds is 3. The molecule has 2 bridgehead atoms. The predicted octanol–water partition coefficient (Wildman–Crippen LogP) is 7.10. The third kappa shape index (κ3) is 3.45. The largest absolute Gasteiger partial charge is 0.448 e. The van der Waals surface area contributed by atoms with Crippen molar-refractivity contribution in [2.45, 2.75) is 50.6 Å². The Morgan fingerprint density at radius 1 is 1.03 bits per heavy atom. The second-order valence-electron chi connectivity index (χ2n) is 10.2. The fourth-order valence-electron chi connectivity index (χ4n) is 6.44. The van der Waals surface area contributed by atoms with Gasteiger partial charge in [0.25, 0.3) is 0 Å². The zero-order chi connectivity index (χ0) is 24.2. The summed E-state index contributed by atoms with van der Waals surface area (Å²) in [5.41, 5.74) is 9.11. The Bertz CT molecular complexity index is 1470. The van der Waals surface area contributed by atoms with Crippen molar-refractivity contribution in [3.63, 3.8) is 0 Å². The highest BCUT2D eigenvalue weighted by atomic mass is 16.6. The van der Waals surface area contributed by atoms with Gasteiger partial charge < -0.3 is 9.15 Å². The molecule has 0 spiro atoms. The van der Waals surface area contributed by atoms with Crippen molar-refractivity contribution in [2.75, 3.05) is 6.61 Å². The van der Waals surface area contributed by atoms with Gasteiger partial charge in [-0.3, -0.25) is 4.90 Å². The standard InChI is InChI=1S/C31H28N2O3/c1-19-32-29-14-13-20(17-30(29)36-19)21-15-22-7-6-8-23(16-21)33(22)31(34)35-18-28-26-11-4-2-9-24(26)25-10-3-5-12-27(25)28/h2-5,9-15,17,22-23,28H,6-8,16,18H2,1H3. The molecule has 0 saturated carbocycles. The summed E-state index contributed by atoms with van der Waals surface area (Å²) in [7, 11) is 0. The van der Waals surface area contributed by atoms with Gasteiger partial charge in [-0.15, -0.1) is 0 Å². The van der Waals surface area contributed by atoms with Crippen LogP contribution in [0.4, 0.5) is 4.79 Å². The van der Waals surface area contributed by atoms with Crippen molar-refractivity contribution in [3.05, 3.63) is 95.4 Å². The number of aromatic nitrogens is 1. The third-order valence-corrected chi connectivity index (χ3v) is 8.05. The van der Waals surface area contributed by atoms with Gasteiger partial charge in [0.2, 0.25) is 0 Å². The van der Waals surface area contributed by atoms with Crippen molar-refractivity contribution in [3.8, 4) is 11.1 Å². The number of oxazole rings is 1. The van der Waals surface area contributed by atoms with Crippen LogP contribution < -0.4 is 0 Å². The van der Waals surface area contributed by atoms with Crippen molar-refractivity contribution in [1.82, 2.24) is 9.88 Å². The van der Waals surface area contributed by atoms with E-state index < -0.39 is 0 Å². The van der Waals surface area contributed by atoms with Gasteiger partial charge in [-0.25, -0.2) is 9.78 Å². The van der Waals surface area contributed by atoms with E-state index in [1.807, 2.05) is 17.9 Å². The summed E-state index contributed by atoms with van der Waals surface area (Å²) < 4.78 is 11.8. The molecule has 3 aliphatic rings. The van der Waals surface area contributed by atoms with E-state index in [0.29, 0.717) is 12.5 Å². The molecule has 2 aliphatic heterocycles. The van der Waals surface area contributed by atoms with E-state index in [1.54, 1.807) is 0 Å². The van der Waals surface area contributed by atoms with E-state index in [1.165, 1.54) is 27.8 Å². The molecule has 1 fully saturated rings. The third-order valence-electron chi connectivity index (χ3n) is 8.05. The molecule has 1 saturated heterocycles. The maximum Gasteiger partial charge on any atom is 0.410 e. The quantitative estimate of drug-likeness (QED) is 0.317. The minimum absolute atomic E-state index is 0.0651. The molecule has 7 rings (SSSR count). The van der Waals surface area contributed by atoms with Crippen LogP contribution in [0.2, 0.25) is 0 Å². The topological polar surface area (TPSA) is 55.6 Å². The Hall–Kier alpha value is -3.86. The lowest BCUT2D eigenvalue weighted by Gasteiger charge is -2.44.